The molecule has 24 heavy (non-hydrogen) atoms. The number of carbonyl (C=O) groups is 1. The fourth-order valence-corrected chi connectivity index (χ4v) is 3.09. The summed E-state index contributed by atoms with van der Waals surface area (Å²) in [6, 6.07) is 8.02. The zero-order valence-electron chi connectivity index (χ0n) is 14.3. The van der Waals surface area contributed by atoms with Crippen molar-refractivity contribution in [3.05, 3.63) is 42.5 Å². The summed E-state index contributed by atoms with van der Waals surface area (Å²) in [5.74, 6) is 0.968. The van der Waals surface area contributed by atoms with Gasteiger partial charge in [0.1, 0.15) is 18.4 Å². The summed E-state index contributed by atoms with van der Waals surface area (Å²) in [5, 5.41) is 4.21. The van der Waals surface area contributed by atoms with Crippen LogP contribution in [0.4, 0.5) is 0 Å². The fourth-order valence-electron chi connectivity index (χ4n) is 3.09. The number of rotatable bonds is 5. The number of likely N-dealkylation sites (tertiary alicyclic amines) is 1. The molecule has 1 fully saturated rings. The normalized spacial score (nSPS) is 18.0. The van der Waals surface area contributed by atoms with Crippen LogP contribution < -0.4 is 4.74 Å². The van der Waals surface area contributed by atoms with Crippen molar-refractivity contribution in [2.24, 2.45) is 0 Å². The maximum absolute atomic E-state index is 12.7. The van der Waals surface area contributed by atoms with Gasteiger partial charge in [-0.15, -0.1) is 0 Å². The highest BCUT2D eigenvalue weighted by Crippen LogP contribution is 2.22. The Kier molecular flexibility index (Phi) is 5.13. The van der Waals surface area contributed by atoms with Crippen molar-refractivity contribution in [1.82, 2.24) is 19.7 Å². The van der Waals surface area contributed by atoms with Gasteiger partial charge >= 0.3 is 0 Å². The van der Waals surface area contributed by atoms with Crippen molar-refractivity contribution in [3.8, 4) is 5.75 Å². The number of benzene rings is 1. The minimum atomic E-state index is 0.126. The Balaban J connectivity index is 1.62. The zero-order chi connectivity index (χ0) is 16.9. The summed E-state index contributed by atoms with van der Waals surface area (Å²) in [7, 11) is 0. The molecule has 3 rings (SSSR count). The molecule has 0 bridgehead atoms. The average Bonchev–Trinajstić information content (AvgIpc) is 3.09. The Morgan fingerprint density at radius 2 is 2.29 bits per heavy atom. The molecule has 128 valence electrons. The molecular weight excluding hydrogens is 304 g/mol. The first-order chi connectivity index (χ1) is 11.6. The van der Waals surface area contributed by atoms with Crippen LogP contribution >= 0.6 is 0 Å². The number of hydrogen-bond donors (Lipinski definition) is 0. The van der Waals surface area contributed by atoms with Crippen molar-refractivity contribution in [2.75, 3.05) is 13.1 Å². The smallest absolute Gasteiger partial charge is 0.227 e. The van der Waals surface area contributed by atoms with Gasteiger partial charge in [-0.3, -0.25) is 4.79 Å². The number of piperidine rings is 1. The Labute approximate surface area is 142 Å². The van der Waals surface area contributed by atoms with Gasteiger partial charge in [0.25, 0.3) is 0 Å². The van der Waals surface area contributed by atoms with E-state index in [-0.39, 0.29) is 18.1 Å². The van der Waals surface area contributed by atoms with Crippen molar-refractivity contribution < 1.29 is 9.53 Å². The van der Waals surface area contributed by atoms with Gasteiger partial charge in [0.15, 0.2) is 0 Å². The lowest BCUT2D eigenvalue weighted by Crippen LogP contribution is -2.41. The third-order valence-corrected chi connectivity index (χ3v) is 4.19. The maximum atomic E-state index is 12.7. The summed E-state index contributed by atoms with van der Waals surface area (Å²) < 4.78 is 7.56. The van der Waals surface area contributed by atoms with Crippen LogP contribution in [0.1, 0.15) is 38.3 Å². The fraction of sp³-hybridized carbons (Fsp3) is 0.500. The number of nitrogens with zero attached hydrogens (tertiary/aromatic N) is 4. The largest absolute Gasteiger partial charge is 0.491 e. The van der Waals surface area contributed by atoms with E-state index < -0.39 is 0 Å². The molecule has 0 radical (unpaired) electrons. The van der Waals surface area contributed by atoms with Gasteiger partial charge < -0.3 is 9.64 Å². The highest BCUT2D eigenvalue weighted by Gasteiger charge is 2.25. The van der Waals surface area contributed by atoms with Crippen LogP contribution in [0.25, 0.3) is 0 Å². The molecule has 1 atom stereocenters. The first-order valence-corrected chi connectivity index (χ1v) is 8.49. The molecule has 1 amide bonds. The molecule has 0 N–H and O–H groups in total. The van der Waals surface area contributed by atoms with Crippen molar-refractivity contribution in [3.63, 3.8) is 0 Å². The summed E-state index contributed by atoms with van der Waals surface area (Å²) in [6.45, 7) is 5.50. The van der Waals surface area contributed by atoms with Gasteiger partial charge in [-0.1, -0.05) is 12.1 Å². The van der Waals surface area contributed by atoms with Crippen LogP contribution in [0, 0.1) is 0 Å². The average molecular weight is 328 g/mol. The van der Waals surface area contributed by atoms with Crippen molar-refractivity contribution >= 4 is 5.91 Å². The third-order valence-electron chi connectivity index (χ3n) is 4.19. The Morgan fingerprint density at radius 3 is 3.04 bits per heavy atom. The van der Waals surface area contributed by atoms with E-state index in [1.807, 2.05) is 47.7 Å². The molecule has 1 aromatic carbocycles. The quantitative estimate of drug-likeness (QED) is 0.846. The Hall–Kier alpha value is -2.37. The van der Waals surface area contributed by atoms with Gasteiger partial charge in [-0.05, 0) is 44.4 Å². The summed E-state index contributed by atoms with van der Waals surface area (Å²) in [4.78, 5) is 18.6. The van der Waals surface area contributed by atoms with Gasteiger partial charge in [-0.25, -0.2) is 9.67 Å². The molecule has 1 aliphatic rings. The number of hydrogen-bond acceptors (Lipinski definition) is 4. The Morgan fingerprint density at radius 1 is 1.42 bits per heavy atom. The number of ether oxygens (including phenoxy) is 1. The molecule has 1 aliphatic heterocycles. The van der Waals surface area contributed by atoms with Crippen LogP contribution in [0.15, 0.2) is 36.9 Å². The van der Waals surface area contributed by atoms with Crippen LogP contribution in [0.2, 0.25) is 0 Å². The van der Waals surface area contributed by atoms with E-state index >= 15 is 0 Å². The predicted molar refractivity (Wildman–Crippen MR) is 90.8 cm³/mol. The zero-order valence-corrected chi connectivity index (χ0v) is 14.3. The molecule has 0 spiro atoms. The summed E-state index contributed by atoms with van der Waals surface area (Å²) in [6.07, 6.45) is 5.82. The molecule has 1 saturated heterocycles. The van der Waals surface area contributed by atoms with E-state index in [2.05, 4.69) is 10.1 Å². The van der Waals surface area contributed by atoms with E-state index in [1.54, 1.807) is 12.7 Å². The number of aromatic nitrogens is 3. The maximum Gasteiger partial charge on any atom is 0.227 e. The molecule has 6 heteroatoms. The molecule has 1 unspecified atom stereocenters. The summed E-state index contributed by atoms with van der Waals surface area (Å²) >= 11 is 0. The molecule has 6 nitrogen and oxygen atoms in total. The minimum absolute atomic E-state index is 0.126. The first kappa shape index (κ1) is 16.5. The molecule has 2 aromatic rings. The van der Waals surface area contributed by atoms with Gasteiger partial charge in [0.2, 0.25) is 5.91 Å². The lowest BCUT2D eigenvalue weighted by molar-refractivity contribution is -0.132. The Bertz CT molecular complexity index is 669. The number of carbonyl (C=O) groups excluding carboxylic acids is 1. The van der Waals surface area contributed by atoms with Gasteiger partial charge in [0, 0.05) is 13.1 Å². The van der Waals surface area contributed by atoms with E-state index in [9.17, 15) is 4.79 Å². The second kappa shape index (κ2) is 7.47. The lowest BCUT2D eigenvalue weighted by Gasteiger charge is -2.32. The van der Waals surface area contributed by atoms with Crippen molar-refractivity contribution in [2.45, 2.75) is 45.3 Å². The first-order valence-electron chi connectivity index (χ1n) is 8.49. The molecule has 0 aliphatic carbocycles. The number of amides is 1. The molecule has 2 heterocycles. The topological polar surface area (TPSA) is 60.2 Å². The van der Waals surface area contributed by atoms with E-state index in [1.165, 1.54) is 0 Å². The van der Waals surface area contributed by atoms with Crippen LogP contribution in [0.5, 0.6) is 5.75 Å². The van der Waals surface area contributed by atoms with Crippen LogP contribution in [-0.4, -0.2) is 44.8 Å². The van der Waals surface area contributed by atoms with Gasteiger partial charge in [0.05, 0.1) is 18.6 Å². The SMILES string of the molecule is CC(C)Oc1cccc(CC(=O)N2CCCC(n3cncn3)C2)c1. The highest BCUT2D eigenvalue weighted by molar-refractivity contribution is 5.79. The third kappa shape index (κ3) is 4.13. The molecular formula is C18H24N4O2. The standard InChI is InChI=1S/C18H24N4O2/c1-14(2)24-17-7-3-5-15(9-17)10-18(23)21-8-4-6-16(11-21)22-13-19-12-20-22/h3,5,7,9,12-14,16H,4,6,8,10-11H2,1-2H3. The summed E-state index contributed by atoms with van der Waals surface area (Å²) in [5.41, 5.74) is 0.987. The monoisotopic (exact) mass is 328 g/mol. The molecule has 0 saturated carbocycles. The highest BCUT2D eigenvalue weighted by atomic mass is 16.5. The van der Waals surface area contributed by atoms with E-state index in [0.717, 1.165) is 30.7 Å². The second-order valence-electron chi connectivity index (χ2n) is 6.50. The van der Waals surface area contributed by atoms with E-state index in [4.69, 9.17) is 4.74 Å². The molecule has 1 aromatic heterocycles. The van der Waals surface area contributed by atoms with Crippen LogP contribution in [0.3, 0.4) is 0 Å². The minimum Gasteiger partial charge on any atom is -0.491 e. The van der Waals surface area contributed by atoms with Gasteiger partial charge in [-0.2, -0.15) is 5.10 Å². The second-order valence-corrected chi connectivity index (χ2v) is 6.50. The van der Waals surface area contributed by atoms with Crippen molar-refractivity contribution in [1.29, 1.82) is 0 Å². The van der Waals surface area contributed by atoms with E-state index in [0.29, 0.717) is 13.0 Å². The lowest BCUT2D eigenvalue weighted by atomic mass is 10.0. The predicted octanol–water partition coefficient (Wildman–Crippen LogP) is 2.47. The van der Waals surface area contributed by atoms with Crippen LogP contribution in [-0.2, 0) is 11.2 Å².